The van der Waals surface area contributed by atoms with Crippen LogP contribution in [-0.2, 0) is 0 Å². The van der Waals surface area contributed by atoms with Crippen molar-refractivity contribution in [2.75, 3.05) is 5.43 Å². The molecule has 1 heterocycles. The molecule has 1 aromatic heterocycles. The summed E-state index contributed by atoms with van der Waals surface area (Å²) in [7, 11) is 0. The molecule has 0 unspecified atom stereocenters. The van der Waals surface area contributed by atoms with Gasteiger partial charge in [-0.1, -0.05) is 0 Å². The summed E-state index contributed by atoms with van der Waals surface area (Å²) < 4.78 is 26.1. The zero-order valence-electron chi connectivity index (χ0n) is 10.9. The third kappa shape index (κ3) is 3.56. The van der Waals surface area contributed by atoms with Crippen molar-refractivity contribution in [2.24, 2.45) is 5.10 Å². The lowest BCUT2D eigenvalue weighted by atomic mass is 10.2. The third-order valence-electron chi connectivity index (χ3n) is 2.55. The van der Waals surface area contributed by atoms with E-state index in [1.807, 2.05) is 0 Å². The van der Waals surface area contributed by atoms with Gasteiger partial charge < -0.3 is 0 Å². The van der Waals surface area contributed by atoms with Crippen molar-refractivity contribution in [3.63, 3.8) is 0 Å². The van der Waals surface area contributed by atoms with E-state index in [0.717, 1.165) is 12.3 Å². The molecule has 0 radical (unpaired) electrons. The molecule has 0 bridgehead atoms. The first-order valence-electron chi connectivity index (χ1n) is 5.83. The Balaban J connectivity index is 2.21. The molecule has 2 aromatic rings. The first-order chi connectivity index (χ1) is 9.97. The van der Waals surface area contributed by atoms with Crippen LogP contribution in [0, 0.1) is 28.7 Å². The van der Waals surface area contributed by atoms with Crippen molar-refractivity contribution in [3.8, 4) is 0 Å². The molecule has 8 heteroatoms. The second-order valence-electron chi connectivity index (χ2n) is 4.11. The minimum atomic E-state index is -0.785. The fourth-order valence-corrected chi connectivity index (χ4v) is 1.55. The average molecular weight is 292 g/mol. The van der Waals surface area contributed by atoms with Crippen LogP contribution in [0.15, 0.2) is 35.4 Å². The number of anilines is 1. The van der Waals surface area contributed by atoms with Gasteiger partial charge in [0.25, 0.3) is 0 Å². The van der Waals surface area contributed by atoms with E-state index in [-0.39, 0.29) is 17.1 Å². The molecule has 0 saturated heterocycles. The summed E-state index contributed by atoms with van der Waals surface area (Å²) in [6, 6.07) is 5.78. The van der Waals surface area contributed by atoms with Gasteiger partial charge in [-0.3, -0.25) is 15.5 Å². The number of halogens is 2. The number of pyridine rings is 1. The first-order valence-corrected chi connectivity index (χ1v) is 5.83. The van der Waals surface area contributed by atoms with Crippen LogP contribution in [0.5, 0.6) is 0 Å². The highest BCUT2D eigenvalue weighted by Crippen LogP contribution is 2.21. The monoisotopic (exact) mass is 292 g/mol. The smallest absolute Gasteiger partial charge is 0.258 e. The zero-order valence-corrected chi connectivity index (χ0v) is 10.9. The normalized spacial score (nSPS) is 10.8. The summed E-state index contributed by atoms with van der Waals surface area (Å²) >= 11 is 0. The van der Waals surface area contributed by atoms with Crippen LogP contribution in [0.4, 0.5) is 20.3 Å². The van der Waals surface area contributed by atoms with Crippen LogP contribution >= 0.6 is 0 Å². The second kappa shape index (κ2) is 6.04. The number of hydrogen-bond donors (Lipinski definition) is 1. The summed E-state index contributed by atoms with van der Waals surface area (Å²) in [6.07, 6.45) is 1.09. The van der Waals surface area contributed by atoms with Gasteiger partial charge >= 0.3 is 5.69 Å². The van der Waals surface area contributed by atoms with Crippen molar-refractivity contribution in [1.29, 1.82) is 0 Å². The maximum Gasteiger partial charge on any atom is 0.313 e. The van der Waals surface area contributed by atoms with Crippen LogP contribution in [0.2, 0.25) is 0 Å². The average Bonchev–Trinajstić information content (AvgIpc) is 2.41. The molecule has 0 aliphatic carbocycles. The van der Waals surface area contributed by atoms with E-state index >= 15 is 0 Å². The lowest BCUT2D eigenvalue weighted by Gasteiger charge is -2.02. The van der Waals surface area contributed by atoms with E-state index in [2.05, 4.69) is 15.5 Å². The quantitative estimate of drug-likeness (QED) is 0.533. The largest absolute Gasteiger partial charge is 0.313 e. The fourth-order valence-electron chi connectivity index (χ4n) is 1.55. The summed E-state index contributed by atoms with van der Waals surface area (Å²) in [5.41, 5.74) is 2.73. The molecule has 0 aliphatic rings. The van der Waals surface area contributed by atoms with Gasteiger partial charge in [0.2, 0.25) is 5.82 Å². The lowest BCUT2D eigenvalue weighted by molar-refractivity contribution is -0.384. The Morgan fingerprint density at radius 2 is 2.10 bits per heavy atom. The maximum absolute atomic E-state index is 13.4. The molecule has 0 amide bonds. The molecular weight excluding hydrogens is 282 g/mol. The van der Waals surface area contributed by atoms with Gasteiger partial charge in [0, 0.05) is 23.4 Å². The number of nitro groups is 1. The number of hydrazone groups is 1. The molecule has 2 rings (SSSR count). The summed E-state index contributed by atoms with van der Waals surface area (Å²) in [5, 5.41) is 14.5. The Kier molecular flexibility index (Phi) is 4.17. The standard InChI is InChI=1S/C13H10F2N4O2/c1-8-2-5-12(19(20)21)13(17-8)18-16-7-9-3-4-10(14)6-11(9)15/h2-7H,1H3,(H,17,18)/b16-7-. The van der Waals surface area contributed by atoms with Crippen LogP contribution < -0.4 is 5.43 Å². The molecule has 108 valence electrons. The summed E-state index contributed by atoms with van der Waals surface area (Å²) in [4.78, 5) is 14.2. The summed E-state index contributed by atoms with van der Waals surface area (Å²) in [5.74, 6) is -1.54. The lowest BCUT2D eigenvalue weighted by Crippen LogP contribution is -2.01. The van der Waals surface area contributed by atoms with Crippen molar-refractivity contribution in [1.82, 2.24) is 4.98 Å². The summed E-state index contributed by atoms with van der Waals surface area (Å²) in [6.45, 7) is 1.66. The number of nitrogens with zero attached hydrogens (tertiary/aromatic N) is 3. The number of aromatic nitrogens is 1. The minimum Gasteiger partial charge on any atom is -0.258 e. The van der Waals surface area contributed by atoms with E-state index < -0.39 is 16.6 Å². The predicted molar refractivity (Wildman–Crippen MR) is 73.2 cm³/mol. The number of nitrogens with one attached hydrogen (secondary N) is 1. The Bertz CT molecular complexity index is 719. The van der Waals surface area contributed by atoms with Gasteiger partial charge in [0.15, 0.2) is 0 Å². The van der Waals surface area contributed by atoms with Crippen LogP contribution in [0.3, 0.4) is 0 Å². The van der Waals surface area contributed by atoms with Gasteiger partial charge in [-0.25, -0.2) is 13.8 Å². The fraction of sp³-hybridized carbons (Fsp3) is 0.0769. The van der Waals surface area contributed by atoms with Gasteiger partial charge in [-0.2, -0.15) is 5.10 Å². The van der Waals surface area contributed by atoms with Crippen LogP contribution in [0.1, 0.15) is 11.3 Å². The van der Waals surface area contributed by atoms with Crippen molar-refractivity contribution < 1.29 is 13.7 Å². The van der Waals surface area contributed by atoms with E-state index in [9.17, 15) is 18.9 Å². The Labute approximate surface area is 118 Å². The Hall–Kier alpha value is -2.90. The van der Waals surface area contributed by atoms with Gasteiger partial charge in [0.05, 0.1) is 11.1 Å². The third-order valence-corrected chi connectivity index (χ3v) is 2.55. The SMILES string of the molecule is Cc1ccc([N+](=O)[O-])c(N/N=C\c2ccc(F)cc2F)n1. The number of hydrogen-bond acceptors (Lipinski definition) is 5. The van der Waals surface area contributed by atoms with Crippen LogP contribution in [0.25, 0.3) is 0 Å². The van der Waals surface area contributed by atoms with Gasteiger partial charge in [-0.15, -0.1) is 0 Å². The Morgan fingerprint density at radius 3 is 2.76 bits per heavy atom. The molecule has 1 N–H and O–H groups in total. The van der Waals surface area contributed by atoms with E-state index in [1.165, 1.54) is 18.2 Å². The molecule has 0 fully saturated rings. The van der Waals surface area contributed by atoms with E-state index in [0.29, 0.717) is 11.8 Å². The Morgan fingerprint density at radius 1 is 1.33 bits per heavy atom. The molecular formula is C13H10F2N4O2. The van der Waals surface area contributed by atoms with Gasteiger partial charge in [0.1, 0.15) is 11.6 Å². The number of aryl methyl sites for hydroxylation is 1. The van der Waals surface area contributed by atoms with Crippen molar-refractivity contribution in [2.45, 2.75) is 6.92 Å². The number of rotatable bonds is 4. The molecule has 0 aliphatic heterocycles. The number of benzene rings is 1. The van der Waals surface area contributed by atoms with Crippen molar-refractivity contribution in [3.05, 3.63) is 63.3 Å². The second-order valence-corrected chi connectivity index (χ2v) is 4.11. The molecule has 1 aromatic carbocycles. The topological polar surface area (TPSA) is 80.4 Å². The molecule has 0 spiro atoms. The highest BCUT2D eigenvalue weighted by atomic mass is 19.1. The maximum atomic E-state index is 13.4. The molecule has 21 heavy (non-hydrogen) atoms. The van der Waals surface area contributed by atoms with E-state index in [4.69, 9.17) is 0 Å². The van der Waals surface area contributed by atoms with E-state index in [1.54, 1.807) is 6.92 Å². The molecule has 0 atom stereocenters. The first kappa shape index (κ1) is 14.5. The predicted octanol–water partition coefficient (Wildman–Crippen LogP) is 3.02. The highest BCUT2D eigenvalue weighted by molar-refractivity contribution is 5.80. The van der Waals surface area contributed by atoms with Crippen molar-refractivity contribution >= 4 is 17.7 Å². The zero-order chi connectivity index (χ0) is 15.4. The van der Waals surface area contributed by atoms with Crippen LogP contribution in [-0.4, -0.2) is 16.1 Å². The highest BCUT2D eigenvalue weighted by Gasteiger charge is 2.14. The molecule has 6 nitrogen and oxygen atoms in total. The minimum absolute atomic E-state index is 0.0409. The molecule has 0 saturated carbocycles. The van der Waals surface area contributed by atoms with Gasteiger partial charge in [-0.05, 0) is 25.1 Å².